The molecule has 0 saturated carbocycles. The molecule has 0 amide bonds. The summed E-state index contributed by atoms with van der Waals surface area (Å²) >= 11 is 0. The van der Waals surface area contributed by atoms with Crippen LogP contribution in [0.1, 0.15) is 42.2 Å². The van der Waals surface area contributed by atoms with Crippen molar-refractivity contribution in [3.63, 3.8) is 0 Å². The molecule has 1 N–H and O–H groups in total. The average molecular weight is 334 g/mol. The lowest BCUT2D eigenvalue weighted by Crippen LogP contribution is -2.35. The average Bonchev–Trinajstić information content (AvgIpc) is 3.04. The van der Waals surface area contributed by atoms with E-state index in [4.69, 9.17) is 4.42 Å². The largest absolute Gasteiger partial charge is 0.460 e. The van der Waals surface area contributed by atoms with Crippen molar-refractivity contribution in [2.75, 3.05) is 20.6 Å². The second-order valence-electron chi connectivity index (χ2n) is 7.72. The molecule has 3 aromatic rings. The fraction of sp³-hybridized carbons (Fsp3) is 0.364. The molecule has 1 aliphatic heterocycles. The maximum Gasteiger partial charge on any atom is 0.134 e. The van der Waals surface area contributed by atoms with Crippen molar-refractivity contribution < 1.29 is 4.42 Å². The Morgan fingerprint density at radius 2 is 1.92 bits per heavy atom. The molecule has 1 atom stereocenters. The van der Waals surface area contributed by atoms with Gasteiger partial charge in [0.05, 0.1) is 5.92 Å². The van der Waals surface area contributed by atoms with Gasteiger partial charge in [-0.15, -0.1) is 0 Å². The van der Waals surface area contributed by atoms with Gasteiger partial charge in [-0.2, -0.15) is 0 Å². The number of benzene rings is 2. The van der Waals surface area contributed by atoms with Crippen molar-refractivity contribution in [1.82, 2.24) is 10.2 Å². The van der Waals surface area contributed by atoms with Crippen LogP contribution >= 0.6 is 0 Å². The van der Waals surface area contributed by atoms with E-state index in [2.05, 4.69) is 67.5 Å². The summed E-state index contributed by atoms with van der Waals surface area (Å²) in [5, 5.41) is 4.58. The lowest BCUT2D eigenvalue weighted by molar-refractivity contribution is 0.281. The van der Waals surface area contributed by atoms with E-state index >= 15 is 0 Å². The number of rotatable bonds is 3. The van der Waals surface area contributed by atoms with Crippen molar-refractivity contribution in [1.29, 1.82) is 0 Å². The molecular formula is C22H26N2O. The lowest BCUT2D eigenvalue weighted by Gasteiger charge is -2.33. The van der Waals surface area contributed by atoms with Crippen LogP contribution in [0.3, 0.4) is 0 Å². The second kappa shape index (κ2) is 6.01. The minimum atomic E-state index is -0.0279. The molecule has 3 heteroatoms. The summed E-state index contributed by atoms with van der Waals surface area (Å²) < 4.78 is 6.19. The highest BCUT2D eigenvalue weighted by Gasteiger charge is 2.29. The van der Waals surface area contributed by atoms with Crippen LogP contribution in [-0.4, -0.2) is 25.5 Å². The quantitative estimate of drug-likeness (QED) is 0.766. The van der Waals surface area contributed by atoms with Crippen LogP contribution < -0.4 is 5.32 Å². The zero-order chi connectivity index (χ0) is 17.6. The highest BCUT2D eigenvalue weighted by Crippen LogP contribution is 2.37. The fourth-order valence-corrected chi connectivity index (χ4v) is 3.80. The van der Waals surface area contributed by atoms with Gasteiger partial charge in [0.15, 0.2) is 0 Å². The summed E-state index contributed by atoms with van der Waals surface area (Å²) in [6.45, 7) is 6.41. The third-order valence-electron chi connectivity index (χ3n) is 5.59. The number of furan rings is 1. The molecule has 2 aromatic carbocycles. The highest BCUT2D eigenvalue weighted by molar-refractivity contribution is 5.78. The molecule has 3 nitrogen and oxygen atoms in total. The van der Waals surface area contributed by atoms with Gasteiger partial charge in [-0.05, 0) is 56.8 Å². The fourth-order valence-electron chi connectivity index (χ4n) is 3.80. The summed E-state index contributed by atoms with van der Waals surface area (Å²) in [6.07, 6.45) is 0. The topological polar surface area (TPSA) is 28.4 Å². The standard InChI is InChI=1S/C22H26N2O/c1-22(2,23-3)17-9-10-18-16(11-17)13-24(4)14-19(18)21-12-15-7-5-6-8-20(15)25-21/h5-12,19,23H,13-14H2,1-4H3. The van der Waals surface area contributed by atoms with E-state index in [1.807, 2.05) is 19.2 Å². The molecular weight excluding hydrogens is 308 g/mol. The molecule has 0 fully saturated rings. The molecule has 0 aliphatic carbocycles. The van der Waals surface area contributed by atoms with Gasteiger partial charge in [0.1, 0.15) is 11.3 Å². The summed E-state index contributed by atoms with van der Waals surface area (Å²) in [7, 11) is 4.21. The van der Waals surface area contributed by atoms with Crippen LogP contribution in [0.2, 0.25) is 0 Å². The zero-order valence-electron chi connectivity index (χ0n) is 15.5. The zero-order valence-corrected chi connectivity index (χ0v) is 15.5. The van der Waals surface area contributed by atoms with Gasteiger partial charge >= 0.3 is 0 Å². The first-order valence-corrected chi connectivity index (χ1v) is 8.97. The Morgan fingerprint density at radius 3 is 2.68 bits per heavy atom. The Balaban J connectivity index is 1.79. The smallest absolute Gasteiger partial charge is 0.134 e. The Morgan fingerprint density at radius 1 is 1.12 bits per heavy atom. The van der Waals surface area contributed by atoms with Crippen molar-refractivity contribution in [2.24, 2.45) is 0 Å². The van der Waals surface area contributed by atoms with Gasteiger partial charge in [0.2, 0.25) is 0 Å². The molecule has 4 rings (SSSR count). The first-order valence-electron chi connectivity index (χ1n) is 8.97. The Hall–Kier alpha value is -2.10. The van der Waals surface area contributed by atoms with Crippen LogP contribution in [0, 0.1) is 0 Å². The Kier molecular flexibility index (Phi) is 3.94. The third-order valence-corrected chi connectivity index (χ3v) is 5.59. The lowest BCUT2D eigenvalue weighted by atomic mass is 9.84. The normalized spacial score (nSPS) is 18.5. The van der Waals surface area contributed by atoms with E-state index in [0.29, 0.717) is 0 Å². The monoisotopic (exact) mass is 334 g/mol. The van der Waals surface area contributed by atoms with E-state index in [1.165, 1.54) is 22.1 Å². The second-order valence-corrected chi connectivity index (χ2v) is 7.72. The highest BCUT2D eigenvalue weighted by atomic mass is 16.3. The summed E-state index contributed by atoms with van der Waals surface area (Å²) in [6, 6.07) is 17.4. The maximum absolute atomic E-state index is 6.19. The summed E-state index contributed by atoms with van der Waals surface area (Å²) in [5.41, 5.74) is 5.07. The van der Waals surface area contributed by atoms with Crippen molar-refractivity contribution in [2.45, 2.75) is 31.8 Å². The minimum Gasteiger partial charge on any atom is -0.460 e. The Labute approximate surface area is 149 Å². The molecule has 25 heavy (non-hydrogen) atoms. The number of nitrogens with zero attached hydrogens (tertiary/aromatic N) is 1. The van der Waals surface area contributed by atoms with Crippen molar-refractivity contribution in [3.8, 4) is 0 Å². The van der Waals surface area contributed by atoms with Crippen LogP contribution in [0.5, 0.6) is 0 Å². The molecule has 0 radical (unpaired) electrons. The van der Waals surface area contributed by atoms with Gasteiger partial charge in [0.25, 0.3) is 0 Å². The number of nitrogens with one attached hydrogen (secondary N) is 1. The predicted octanol–water partition coefficient (Wildman–Crippen LogP) is 4.46. The number of para-hydroxylation sites is 1. The summed E-state index contributed by atoms with van der Waals surface area (Å²) in [4.78, 5) is 2.39. The first kappa shape index (κ1) is 16.4. The summed E-state index contributed by atoms with van der Waals surface area (Å²) in [5.74, 6) is 1.35. The molecule has 1 unspecified atom stereocenters. The number of fused-ring (bicyclic) bond motifs is 2. The van der Waals surface area contributed by atoms with Gasteiger partial charge < -0.3 is 14.6 Å². The number of hydrogen-bond donors (Lipinski definition) is 1. The molecule has 1 aromatic heterocycles. The number of likely N-dealkylation sites (N-methyl/N-ethyl adjacent to an activating group) is 1. The van der Waals surface area contributed by atoms with Crippen molar-refractivity contribution in [3.05, 3.63) is 71.0 Å². The molecule has 0 saturated heterocycles. The van der Waals surface area contributed by atoms with Gasteiger partial charge in [-0.1, -0.05) is 36.4 Å². The minimum absolute atomic E-state index is 0.0279. The predicted molar refractivity (Wildman–Crippen MR) is 103 cm³/mol. The van der Waals surface area contributed by atoms with Gasteiger partial charge in [-0.3, -0.25) is 0 Å². The van der Waals surface area contributed by atoms with Crippen molar-refractivity contribution >= 4 is 11.0 Å². The SMILES string of the molecule is CNC(C)(C)c1ccc2c(c1)CN(C)CC2c1cc2ccccc2o1. The molecule has 0 spiro atoms. The Bertz CT molecular complexity index is 876. The van der Waals surface area contributed by atoms with Gasteiger partial charge in [-0.25, -0.2) is 0 Å². The molecule has 2 heterocycles. The molecule has 0 bridgehead atoms. The molecule has 130 valence electrons. The van der Waals surface area contributed by atoms with Crippen LogP contribution in [0.25, 0.3) is 11.0 Å². The van der Waals surface area contributed by atoms with Crippen LogP contribution in [0.15, 0.2) is 52.9 Å². The van der Waals surface area contributed by atoms with E-state index in [-0.39, 0.29) is 11.5 Å². The van der Waals surface area contributed by atoms with E-state index in [0.717, 1.165) is 24.4 Å². The van der Waals surface area contributed by atoms with E-state index in [9.17, 15) is 0 Å². The van der Waals surface area contributed by atoms with Gasteiger partial charge in [0, 0.05) is 24.0 Å². The molecule has 1 aliphatic rings. The van der Waals surface area contributed by atoms with E-state index < -0.39 is 0 Å². The maximum atomic E-state index is 6.19. The van der Waals surface area contributed by atoms with E-state index in [1.54, 1.807) is 0 Å². The van der Waals surface area contributed by atoms with Crippen LogP contribution in [-0.2, 0) is 12.1 Å². The third kappa shape index (κ3) is 2.88. The number of hydrogen-bond acceptors (Lipinski definition) is 3. The first-order chi connectivity index (χ1) is 12.0. The van der Waals surface area contributed by atoms with Crippen LogP contribution in [0.4, 0.5) is 0 Å².